The van der Waals surface area contributed by atoms with Gasteiger partial charge in [0.1, 0.15) is 11.5 Å². The van der Waals surface area contributed by atoms with E-state index in [0.29, 0.717) is 24.7 Å². The van der Waals surface area contributed by atoms with Crippen LogP contribution in [0.3, 0.4) is 0 Å². The molecule has 1 heterocycles. The number of hydrogen-bond donors (Lipinski definition) is 2. The van der Waals surface area contributed by atoms with Gasteiger partial charge in [0.25, 0.3) is 0 Å². The van der Waals surface area contributed by atoms with Gasteiger partial charge in [0.05, 0.1) is 0 Å². The summed E-state index contributed by atoms with van der Waals surface area (Å²) in [6, 6.07) is 21.3. The van der Waals surface area contributed by atoms with Gasteiger partial charge in [0.2, 0.25) is 0 Å². The molecule has 0 aliphatic rings. The first-order valence-corrected chi connectivity index (χ1v) is 9.93. The maximum absolute atomic E-state index is 13.1. The van der Waals surface area contributed by atoms with Gasteiger partial charge in [0, 0.05) is 41.1 Å². The quantitative estimate of drug-likeness (QED) is 0.415. The standard InChI is InChI=1S/C24H20ClFN2O2/c25-18-5-3-4-17(12-18)15-28-22-7-2-1-6-20(22)21(23(28)24(29)30)14-27-13-16-8-10-19(26)11-9-16/h1-12,27H,13-15H2,(H,29,30). The minimum atomic E-state index is -0.980. The Kier molecular flexibility index (Phi) is 5.84. The minimum absolute atomic E-state index is 0.253. The topological polar surface area (TPSA) is 54.3 Å². The zero-order valence-electron chi connectivity index (χ0n) is 16.1. The molecule has 0 aliphatic heterocycles. The number of benzene rings is 3. The Morgan fingerprint density at radius 3 is 2.47 bits per heavy atom. The van der Waals surface area contributed by atoms with Crippen LogP contribution in [-0.4, -0.2) is 15.6 Å². The average Bonchev–Trinajstić information content (AvgIpc) is 3.03. The van der Waals surface area contributed by atoms with Crippen molar-refractivity contribution >= 4 is 28.5 Å². The maximum Gasteiger partial charge on any atom is 0.352 e. The molecule has 0 atom stereocenters. The lowest BCUT2D eigenvalue weighted by Gasteiger charge is -2.10. The zero-order valence-corrected chi connectivity index (χ0v) is 16.9. The highest BCUT2D eigenvalue weighted by Gasteiger charge is 2.22. The summed E-state index contributed by atoms with van der Waals surface area (Å²) in [6.07, 6.45) is 0. The molecule has 0 bridgehead atoms. The number of aromatic nitrogens is 1. The number of fused-ring (bicyclic) bond motifs is 1. The molecule has 0 radical (unpaired) electrons. The number of hydrogen-bond acceptors (Lipinski definition) is 2. The summed E-state index contributed by atoms with van der Waals surface area (Å²) in [4.78, 5) is 12.2. The van der Waals surface area contributed by atoms with E-state index in [0.717, 1.165) is 27.6 Å². The van der Waals surface area contributed by atoms with E-state index in [1.54, 1.807) is 18.2 Å². The van der Waals surface area contributed by atoms with E-state index in [-0.39, 0.29) is 11.5 Å². The summed E-state index contributed by atoms with van der Waals surface area (Å²) in [6.45, 7) is 1.29. The highest BCUT2D eigenvalue weighted by molar-refractivity contribution is 6.30. The number of para-hydroxylation sites is 1. The second-order valence-corrected chi connectivity index (χ2v) is 7.53. The second kappa shape index (κ2) is 8.69. The first-order valence-electron chi connectivity index (χ1n) is 9.56. The number of nitrogens with zero attached hydrogens (tertiary/aromatic N) is 1. The number of halogens is 2. The van der Waals surface area contributed by atoms with Crippen molar-refractivity contribution in [2.24, 2.45) is 0 Å². The van der Waals surface area contributed by atoms with Gasteiger partial charge in [-0.2, -0.15) is 0 Å². The van der Waals surface area contributed by atoms with Gasteiger partial charge in [-0.15, -0.1) is 0 Å². The lowest BCUT2D eigenvalue weighted by molar-refractivity contribution is 0.0685. The molecule has 0 amide bonds. The molecule has 0 aliphatic carbocycles. The van der Waals surface area contributed by atoms with Crippen LogP contribution in [0, 0.1) is 5.82 Å². The molecule has 4 aromatic rings. The largest absolute Gasteiger partial charge is 0.477 e. The molecule has 30 heavy (non-hydrogen) atoms. The first-order chi connectivity index (χ1) is 14.5. The Bertz CT molecular complexity index is 1200. The smallest absolute Gasteiger partial charge is 0.352 e. The maximum atomic E-state index is 13.1. The molecule has 0 fully saturated rings. The van der Waals surface area contributed by atoms with Crippen LogP contribution in [0.1, 0.15) is 27.2 Å². The van der Waals surface area contributed by atoms with Gasteiger partial charge in [0.15, 0.2) is 0 Å². The van der Waals surface area contributed by atoms with Crippen LogP contribution in [0.4, 0.5) is 4.39 Å². The van der Waals surface area contributed by atoms with Crippen LogP contribution in [-0.2, 0) is 19.6 Å². The van der Waals surface area contributed by atoms with Crippen LogP contribution >= 0.6 is 11.6 Å². The van der Waals surface area contributed by atoms with Crippen molar-refractivity contribution in [3.8, 4) is 0 Å². The Morgan fingerprint density at radius 1 is 0.967 bits per heavy atom. The zero-order chi connectivity index (χ0) is 21.1. The number of carboxylic acid groups (broad SMARTS) is 1. The Labute approximate surface area is 178 Å². The predicted molar refractivity (Wildman–Crippen MR) is 116 cm³/mol. The number of nitrogens with one attached hydrogen (secondary N) is 1. The molecule has 1 aromatic heterocycles. The Balaban J connectivity index is 1.69. The van der Waals surface area contributed by atoms with Crippen molar-refractivity contribution in [2.45, 2.75) is 19.6 Å². The fraction of sp³-hybridized carbons (Fsp3) is 0.125. The highest BCUT2D eigenvalue weighted by atomic mass is 35.5. The molecule has 4 rings (SSSR count). The minimum Gasteiger partial charge on any atom is -0.477 e. The molecule has 0 saturated carbocycles. The molecule has 2 N–H and O–H groups in total. The number of carbonyl (C=O) groups is 1. The van der Waals surface area contributed by atoms with E-state index in [9.17, 15) is 14.3 Å². The average molecular weight is 423 g/mol. The molecule has 0 spiro atoms. The molecule has 6 heteroatoms. The monoisotopic (exact) mass is 422 g/mol. The van der Waals surface area contributed by atoms with Gasteiger partial charge >= 0.3 is 5.97 Å². The third-order valence-corrected chi connectivity index (χ3v) is 5.29. The van der Waals surface area contributed by atoms with E-state index < -0.39 is 5.97 Å². The molecule has 0 saturated heterocycles. The van der Waals surface area contributed by atoms with Gasteiger partial charge < -0.3 is 15.0 Å². The van der Waals surface area contributed by atoms with E-state index in [1.165, 1.54) is 12.1 Å². The lowest BCUT2D eigenvalue weighted by atomic mass is 10.1. The highest BCUT2D eigenvalue weighted by Crippen LogP contribution is 2.28. The predicted octanol–water partition coefficient (Wildman–Crippen LogP) is 5.47. The van der Waals surface area contributed by atoms with E-state index in [1.807, 2.05) is 47.0 Å². The Hall–Kier alpha value is -3.15. The molecule has 3 aromatic carbocycles. The summed E-state index contributed by atoms with van der Waals surface area (Å²) < 4.78 is 14.9. The van der Waals surface area contributed by atoms with E-state index in [4.69, 9.17) is 11.6 Å². The fourth-order valence-electron chi connectivity index (χ4n) is 3.71. The molecular formula is C24H20ClFN2O2. The van der Waals surface area contributed by atoms with Gasteiger partial charge in [-0.25, -0.2) is 9.18 Å². The van der Waals surface area contributed by atoms with Crippen molar-refractivity contribution < 1.29 is 14.3 Å². The molecule has 0 unspecified atom stereocenters. The second-order valence-electron chi connectivity index (χ2n) is 7.10. The first kappa shape index (κ1) is 20.1. The lowest BCUT2D eigenvalue weighted by Crippen LogP contribution is -2.17. The number of aromatic carboxylic acids is 1. The van der Waals surface area contributed by atoms with Crippen molar-refractivity contribution in [2.75, 3.05) is 0 Å². The van der Waals surface area contributed by atoms with E-state index >= 15 is 0 Å². The third-order valence-electron chi connectivity index (χ3n) is 5.05. The SMILES string of the molecule is O=C(O)c1c(CNCc2ccc(F)cc2)c2ccccc2n1Cc1cccc(Cl)c1. The van der Waals surface area contributed by atoms with Crippen molar-refractivity contribution in [1.29, 1.82) is 0 Å². The van der Waals surface area contributed by atoms with Gasteiger partial charge in [-0.3, -0.25) is 0 Å². The van der Waals surface area contributed by atoms with Crippen molar-refractivity contribution in [3.05, 3.63) is 106 Å². The van der Waals surface area contributed by atoms with Crippen LogP contribution < -0.4 is 5.32 Å². The van der Waals surface area contributed by atoms with Crippen molar-refractivity contribution in [3.63, 3.8) is 0 Å². The third kappa shape index (κ3) is 4.22. The summed E-state index contributed by atoms with van der Waals surface area (Å²) >= 11 is 6.11. The number of rotatable bonds is 7. The van der Waals surface area contributed by atoms with Crippen LogP contribution in [0.15, 0.2) is 72.8 Å². The van der Waals surface area contributed by atoms with Crippen LogP contribution in [0.2, 0.25) is 5.02 Å². The molecule has 4 nitrogen and oxygen atoms in total. The summed E-state index contributed by atoms with van der Waals surface area (Å²) in [5.74, 6) is -1.26. The number of carboxylic acids is 1. The molecular weight excluding hydrogens is 403 g/mol. The summed E-state index contributed by atoms with van der Waals surface area (Å²) in [5.41, 5.74) is 3.69. The van der Waals surface area contributed by atoms with Crippen molar-refractivity contribution in [1.82, 2.24) is 9.88 Å². The van der Waals surface area contributed by atoms with Crippen LogP contribution in [0.25, 0.3) is 10.9 Å². The summed E-state index contributed by atoms with van der Waals surface area (Å²) in [5, 5.41) is 14.8. The Morgan fingerprint density at radius 2 is 1.73 bits per heavy atom. The summed E-state index contributed by atoms with van der Waals surface area (Å²) in [7, 11) is 0. The van der Waals surface area contributed by atoms with Gasteiger partial charge in [-0.1, -0.05) is 54.1 Å². The van der Waals surface area contributed by atoms with E-state index in [2.05, 4.69) is 5.32 Å². The normalized spacial score (nSPS) is 11.1. The van der Waals surface area contributed by atoms with Gasteiger partial charge in [-0.05, 0) is 41.5 Å². The van der Waals surface area contributed by atoms with Crippen LogP contribution in [0.5, 0.6) is 0 Å². The fourth-order valence-corrected chi connectivity index (χ4v) is 3.93. The molecule has 152 valence electrons.